The molecule has 0 aliphatic heterocycles. The molecule has 0 saturated carbocycles. The van der Waals surface area contributed by atoms with Crippen LogP contribution >= 0.6 is 0 Å². The molecular weight excluding hydrogens is 204 g/mol. The van der Waals surface area contributed by atoms with Gasteiger partial charge in [-0.2, -0.15) is 0 Å². The summed E-state index contributed by atoms with van der Waals surface area (Å²) >= 11 is 0. The van der Waals surface area contributed by atoms with Crippen LogP contribution in [0, 0.1) is 13.8 Å². The Balaban J connectivity index is 3.06. The normalized spacial score (nSPS) is 9.12. The zero-order valence-electron chi connectivity index (χ0n) is 9.28. The van der Waals surface area contributed by atoms with Crippen molar-refractivity contribution in [1.82, 2.24) is 0 Å². The number of benzene rings is 1. The van der Waals surface area contributed by atoms with E-state index < -0.39 is 0 Å². The van der Waals surface area contributed by atoms with E-state index in [0.717, 1.165) is 22.3 Å². The van der Waals surface area contributed by atoms with Crippen LogP contribution in [0.4, 0.5) is 0 Å². The Morgan fingerprint density at radius 1 is 0.938 bits per heavy atom. The Bertz CT molecular complexity index is 437. The summed E-state index contributed by atoms with van der Waals surface area (Å²) in [4.78, 5) is 27.2. The number of carbonyl (C=O) groups excluding carboxylic acids is 2. The summed E-state index contributed by atoms with van der Waals surface area (Å²) in [5.74, 6) is 0. The molecule has 0 spiro atoms. The minimum atomic E-state index is 0.341. The number of aliphatic imine (C=N–C) groups is 2. The first kappa shape index (κ1) is 12.1. The van der Waals surface area contributed by atoms with Crippen LogP contribution in [0.2, 0.25) is 0 Å². The number of hydrogen-bond donors (Lipinski definition) is 0. The number of isocyanates is 2. The van der Waals surface area contributed by atoms with Gasteiger partial charge in [0.05, 0.1) is 13.1 Å². The van der Waals surface area contributed by atoms with Gasteiger partial charge in [0, 0.05) is 0 Å². The minimum Gasteiger partial charge on any atom is -0.211 e. The maximum Gasteiger partial charge on any atom is 0.235 e. The third-order valence-electron chi connectivity index (χ3n) is 2.64. The first-order valence-corrected chi connectivity index (χ1v) is 4.86. The van der Waals surface area contributed by atoms with Crippen LogP contribution in [-0.4, -0.2) is 12.2 Å². The SMILES string of the molecule is Cc1c(CN=C=O)ccc(CN=C=O)c1C. The Labute approximate surface area is 93.7 Å². The summed E-state index contributed by atoms with van der Waals surface area (Å²) in [5, 5.41) is 0. The van der Waals surface area contributed by atoms with Crippen molar-refractivity contribution in [1.29, 1.82) is 0 Å². The van der Waals surface area contributed by atoms with Crippen LogP contribution in [0.15, 0.2) is 22.1 Å². The third kappa shape index (κ3) is 2.74. The van der Waals surface area contributed by atoms with Crippen LogP contribution in [0.1, 0.15) is 22.3 Å². The number of hydrogen-bond acceptors (Lipinski definition) is 4. The predicted molar refractivity (Wildman–Crippen MR) is 59.6 cm³/mol. The fraction of sp³-hybridized carbons (Fsp3) is 0.333. The molecule has 0 amide bonds. The number of rotatable bonds is 4. The molecule has 0 unspecified atom stereocenters. The van der Waals surface area contributed by atoms with Crippen molar-refractivity contribution in [2.24, 2.45) is 9.98 Å². The minimum absolute atomic E-state index is 0.341. The molecule has 0 fully saturated rings. The second-order valence-electron chi connectivity index (χ2n) is 3.45. The van der Waals surface area contributed by atoms with E-state index >= 15 is 0 Å². The van der Waals surface area contributed by atoms with E-state index in [1.807, 2.05) is 26.0 Å². The summed E-state index contributed by atoms with van der Waals surface area (Å²) in [6, 6.07) is 3.78. The lowest BCUT2D eigenvalue weighted by Gasteiger charge is -2.09. The van der Waals surface area contributed by atoms with Crippen molar-refractivity contribution in [2.45, 2.75) is 26.9 Å². The van der Waals surface area contributed by atoms with Gasteiger partial charge in [-0.15, -0.1) is 0 Å². The highest BCUT2D eigenvalue weighted by Gasteiger charge is 2.05. The molecule has 1 rings (SSSR count). The number of nitrogens with zero attached hydrogens (tertiary/aromatic N) is 2. The van der Waals surface area contributed by atoms with Crippen LogP contribution in [0.3, 0.4) is 0 Å². The van der Waals surface area contributed by atoms with Gasteiger partial charge in [0.15, 0.2) is 0 Å². The van der Waals surface area contributed by atoms with Crippen LogP contribution in [-0.2, 0) is 22.7 Å². The second kappa shape index (κ2) is 5.76. The van der Waals surface area contributed by atoms with E-state index in [2.05, 4.69) is 9.98 Å². The predicted octanol–water partition coefficient (Wildman–Crippen LogP) is 1.98. The Morgan fingerprint density at radius 2 is 1.31 bits per heavy atom. The molecule has 0 N–H and O–H groups in total. The zero-order valence-corrected chi connectivity index (χ0v) is 9.28. The maximum absolute atomic E-state index is 10.0. The van der Waals surface area contributed by atoms with Crippen LogP contribution in [0.5, 0.6) is 0 Å². The van der Waals surface area contributed by atoms with E-state index in [0.29, 0.717) is 13.1 Å². The van der Waals surface area contributed by atoms with Crippen molar-refractivity contribution in [2.75, 3.05) is 0 Å². The van der Waals surface area contributed by atoms with Crippen molar-refractivity contribution >= 4 is 12.2 Å². The van der Waals surface area contributed by atoms with Gasteiger partial charge < -0.3 is 0 Å². The molecular formula is C12H12N2O2. The molecule has 0 aromatic heterocycles. The highest BCUT2D eigenvalue weighted by molar-refractivity contribution is 5.42. The fourth-order valence-corrected chi connectivity index (χ4v) is 1.51. The molecule has 0 atom stereocenters. The summed E-state index contributed by atoms with van der Waals surface area (Å²) in [5.41, 5.74) is 4.11. The van der Waals surface area contributed by atoms with Crippen molar-refractivity contribution in [3.05, 3.63) is 34.4 Å². The standard InChI is InChI=1S/C12H12N2O2/c1-9-10(2)12(6-14-8-16)4-3-11(9)5-13-7-15/h3-4H,5-6H2,1-2H3. The molecule has 4 nitrogen and oxygen atoms in total. The lowest BCUT2D eigenvalue weighted by Crippen LogP contribution is -1.96. The topological polar surface area (TPSA) is 58.9 Å². The molecule has 0 aliphatic carbocycles. The van der Waals surface area contributed by atoms with Crippen molar-refractivity contribution < 1.29 is 9.59 Å². The summed E-state index contributed by atoms with van der Waals surface area (Å²) in [6.07, 6.45) is 3.03. The lowest BCUT2D eigenvalue weighted by molar-refractivity contribution is 0.562. The molecule has 0 radical (unpaired) electrons. The smallest absolute Gasteiger partial charge is 0.211 e. The van der Waals surface area contributed by atoms with E-state index in [-0.39, 0.29) is 0 Å². The van der Waals surface area contributed by atoms with Gasteiger partial charge in [-0.3, -0.25) is 0 Å². The third-order valence-corrected chi connectivity index (χ3v) is 2.64. The van der Waals surface area contributed by atoms with E-state index in [4.69, 9.17) is 0 Å². The monoisotopic (exact) mass is 216 g/mol. The van der Waals surface area contributed by atoms with Gasteiger partial charge in [-0.1, -0.05) is 12.1 Å². The fourth-order valence-electron chi connectivity index (χ4n) is 1.51. The van der Waals surface area contributed by atoms with Gasteiger partial charge in [0.2, 0.25) is 12.2 Å². The van der Waals surface area contributed by atoms with Crippen molar-refractivity contribution in [3.8, 4) is 0 Å². The lowest BCUT2D eigenvalue weighted by atomic mass is 9.98. The van der Waals surface area contributed by atoms with Crippen LogP contribution in [0.25, 0.3) is 0 Å². The molecule has 1 aromatic carbocycles. The molecule has 16 heavy (non-hydrogen) atoms. The quantitative estimate of drug-likeness (QED) is 0.570. The average molecular weight is 216 g/mol. The molecule has 0 heterocycles. The molecule has 0 saturated heterocycles. The van der Waals surface area contributed by atoms with E-state index in [1.165, 1.54) is 12.2 Å². The van der Waals surface area contributed by atoms with Gasteiger partial charge in [0.1, 0.15) is 0 Å². The largest absolute Gasteiger partial charge is 0.235 e. The second-order valence-corrected chi connectivity index (χ2v) is 3.45. The van der Waals surface area contributed by atoms with Crippen LogP contribution < -0.4 is 0 Å². The first-order valence-electron chi connectivity index (χ1n) is 4.86. The molecule has 4 heteroatoms. The van der Waals surface area contributed by atoms with E-state index in [9.17, 15) is 9.59 Å². The highest BCUT2D eigenvalue weighted by atomic mass is 16.1. The Morgan fingerprint density at radius 3 is 1.62 bits per heavy atom. The molecule has 0 aliphatic rings. The average Bonchev–Trinajstić information content (AvgIpc) is 2.30. The maximum atomic E-state index is 10.0. The molecule has 0 bridgehead atoms. The van der Waals surface area contributed by atoms with Gasteiger partial charge in [0.25, 0.3) is 0 Å². The highest BCUT2D eigenvalue weighted by Crippen LogP contribution is 2.19. The Kier molecular flexibility index (Phi) is 4.34. The van der Waals surface area contributed by atoms with Gasteiger partial charge >= 0.3 is 0 Å². The van der Waals surface area contributed by atoms with E-state index in [1.54, 1.807) is 0 Å². The summed E-state index contributed by atoms with van der Waals surface area (Å²) in [7, 11) is 0. The van der Waals surface area contributed by atoms with Gasteiger partial charge in [-0.05, 0) is 36.1 Å². The summed E-state index contributed by atoms with van der Waals surface area (Å²) < 4.78 is 0. The molecule has 82 valence electrons. The first-order chi connectivity index (χ1) is 7.70. The molecule has 1 aromatic rings. The van der Waals surface area contributed by atoms with Gasteiger partial charge in [-0.25, -0.2) is 19.6 Å². The summed E-state index contributed by atoms with van der Waals surface area (Å²) in [6.45, 7) is 4.60. The van der Waals surface area contributed by atoms with Crippen molar-refractivity contribution in [3.63, 3.8) is 0 Å². The zero-order chi connectivity index (χ0) is 12.0. The Hall–Kier alpha value is -2.02.